The molecule has 5 heteroatoms. The number of likely N-dealkylation sites (tertiary alicyclic amines) is 1. The van der Waals surface area contributed by atoms with Gasteiger partial charge in [-0.1, -0.05) is 12.8 Å². The standard InChI is InChI=1S/C19H30N4O/c1-2-20-19(24)16-9-10-18(21-14-16)23-13-7-8-17(15-23)22-11-5-3-4-6-12-22/h9-10,14,17H,2-8,11-13,15H2,1H3,(H,20,24). The molecule has 2 aliphatic rings. The van der Waals surface area contributed by atoms with Gasteiger partial charge in [0.2, 0.25) is 0 Å². The third kappa shape index (κ3) is 4.26. The normalized spacial score (nSPS) is 22.9. The Kier molecular flexibility index (Phi) is 6.07. The van der Waals surface area contributed by atoms with Gasteiger partial charge in [0.05, 0.1) is 5.56 Å². The molecule has 132 valence electrons. The summed E-state index contributed by atoms with van der Waals surface area (Å²) in [4.78, 5) is 21.5. The number of nitrogens with zero attached hydrogens (tertiary/aromatic N) is 3. The van der Waals surface area contributed by atoms with Crippen LogP contribution >= 0.6 is 0 Å². The summed E-state index contributed by atoms with van der Waals surface area (Å²) in [6.45, 7) is 7.20. The van der Waals surface area contributed by atoms with Crippen molar-refractivity contribution < 1.29 is 4.79 Å². The van der Waals surface area contributed by atoms with E-state index >= 15 is 0 Å². The number of carbonyl (C=O) groups is 1. The van der Waals surface area contributed by atoms with Gasteiger partial charge >= 0.3 is 0 Å². The topological polar surface area (TPSA) is 48.5 Å². The van der Waals surface area contributed by atoms with E-state index in [-0.39, 0.29) is 5.91 Å². The van der Waals surface area contributed by atoms with Crippen molar-refractivity contribution in [3.05, 3.63) is 23.9 Å². The van der Waals surface area contributed by atoms with Gasteiger partial charge in [-0.25, -0.2) is 4.98 Å². The summed E-state index contributed by atoms with van der Waals surface area (Å²) in [7, 11) is 0. The SMILES string of the molecule is CCNC(=O)c1ccc(N2CCCC(N3CCCCCC3)C2)nc1. The Morgan fingerprint density at radius 2 is 1.96 bits per heavy atom. The van der Waals surface area contributed by atoms with E-state index in [1.54, 1.807) is 6.20 Å². The lowest BCUT2D eigenvalue weighted by atomic mass is 10.0. The number of pyridine rings is 1. The molecule has 2 fully saturated rings. The number of hydrogen-bond acceptors (Lipinski definition) is 4. The zero-order valence-corrected chi connectivity index (χ0v) is 14.8. The minimum Gasteiger partial charge on any atom is -0.355 e. The third-order valence-corrected chi connectivity index (χ3v) is 5.22. The molecule has 0 aliphatic carbocycles. The smallest absolute Gasteiger partial charge is 0.252 e. The molecule has 0 radical (unpaired) electrons. The molecule has 1 aromatic heterocycles. The molecule has 0 spiro atoms. The van der Waals surface area contributed by atoms with Gasteiger partial charge in [-0.05, 0) is 57.8 Å². The molecular weight excluding hydrogens is 300 g/mol. The highest BCUT2D eigenvalue weighted by molar-refractivity contribution is 5.93. The van der Waals surface area contributed by atoms with Crippen LogP contribution in [0.2, 0.25) is 0 Å². The van der Waals surface area contributed by atoms with E-state index in [4.69, 9.17) is 0 Å². The van der Waals surface area contributed by atoms with Gasteiger partial charge < -0.3 is 10.2 Å². The summed E-state index contributed by atoms with van der Waals surface area (Å²) in [5.74, 6) is 0.959. The predicted octanol–water partition coefficient (Wildman–Crippen LogP) is 2.68. The van der Waals surface area contributed by atoms with Crippen LogP contribution in [-0.2, 0) is 0 Å². The lowest BCUT2D eigenvalue weighted by Crippen LogP contribution is -2.48. The fourth-order valence-corrected chi connectivity index (χ4v) is 3.89. The van der Waals surface area contributed by atoms with Gasteiger partial charge in [0.1, 0.15) is 5.82 Å². The van der Waals surface area contributed by atoms with E-state index < -0.39 is 0 Å². The Hall–Kier alpha value is -1.62. The highest BCUT2D eigenvalue weighted by atomic mass is 16.1. The van der Waals surface area contributed by atoms with Crippen molar-refractivity contribution >= 4 is 11.7 Å². The lowest BCUT2D eigenvalue weighted by molar-refractivity contribution is 0.0955. The molecule has 24 heavy (non-hydrogen) atoms. The molecule has 2 saturated heterocycles. The Bertz CT molecular complexity index is 523. The Morgan fingerprint density at radius 1 is 1.17 bits per heavy atom. The minimum atomic E-state index is -0.0439. The Labute approximate surface area is 145 Å². The lowest BCUT2D eigenvalue weighted by Gasteiger charge is -2.39. The number of amides is 1. The summed E-state index contributed by atoms with van der Waals surface area (Å²) in [5, 5.41) is 2.82. The van der Waals surface area contributed by atoms with Crippen LogP contribution in [0.5, 0.6) is 0 Å². The van der Waals surface area contributed by atoms with E-state index in [0.717, 1.165) is 18.9 Å². The monoisotopic (exact) mass is 330 g/mol. The maximum absolute atomic E-state index is 11.9. The fourth-order valence-electron chi connectivity index (χ4n) is 3.89. The van der Waals surface area contributed by atoms with Gasteiger partial charge in [0, 0.05) is 31.9 Å². The average molecular weight is 330 g/mol. The number of aromatic nitrogens is 1. The minimum absolute atomic E-state index is 0.0439. The van der Waals surface area contributed by atoms with Crippen LogP contribution in [0.1, 0.15) is 55.8 Å². The molecule has 5 nitrogen and oxygen atoms in total. The van der Waals surface area contributed by atoms with Crippen molar-refractivity contribution in [1.29, 1.82) is 0 Å². The van der Waals surface area contributed by atoms with Crippen molar-refractivity contribution in [1.82, 2.24) is 15.2 Å². The molecular formula is C19H30N4O. The number of hydrogen-bond donors (Lipinski definition) is 1. The highest BCUT2D eigenvalue weighted by Gasteiger charge is 2.26. The summed E-state index contributed by atoms with van der Waals surface area (Å²) in [5.41, 5.74) is 0.640. The third-order valence-electron chi connectivity index (χ3n) is 5.22. The van der Waals surface area contributed by atoms with Crippen LogP contribution in [-0.4, -0.2) is 54.6 Å². The molecule has 1 amide bonds. The first-order valence-corrected chi connectivity index (χ1v) is 9.51. The second-order valence-electron chi connectivity index (χ2n) is 6.96. The first-order chi connectivity index (χ1) is 11.8. The molecule has 3 heterocycles. The van der Waals surface area contributed by atoms with E-state index in [1.807, 2.05) is 19.1 Å². The van der Waals surface area contributed by atoms with Crippen LogP contribution in [0.3, 0.4) is 0 Å². The first-order valence-electron chi connectivity index (χ1n) is 9.51. The van der Waals surface area contributed by atoms with Gasteiger partial charge in [-0.2, -0.15) is 0 Å². The molecule has 1 aromatic rings. The van der Waals surface area contributed by atoms with Crippen molar-refractivity contribution in [2.24, 2.45) is 0 Å². The summed E-state index contributed by atoms with van der Waals surface area (Å²) in [6.07, 6.45) is 9.68. The Morgan fingerprint density at radius 3 is 2.62 bits per heavy atom. The second kappa shape index (κ2) is 8.47. The van der Waals surface area contributed by atoms with Gasteiger partial charge in [0.15, 0.2) is 0 Å². The van der Waals surface area contributed by atoms with Crippen molar-refractivity contribution in [2.75, 3.05) is 37.6 Å². The van der Waals surface area contributed by atoms with Crippen LogP contribution in [0.15, 0.2) is 18.3 Å². The fraction of sp³-hybridized carbons (Fsp3) is 0.684. The average Bonchev–Trinajstić information content (AvgIpc) is 2.92. The number of nitrogens with one attached hydrogen (secondary N) is 1. The second-order valence-corrected chi connectivity index (χ2v) is 6.96. The van der Waals surface area contributed by atoms with Gasteiger partial charge in [-0.15, -0.1) is 0 Å². The van der Waals surface area contributed by atoms with Gasteiger partial charge in [-0.3, -0.25) is 9.69 Å². The van der Waals surface area contributed by atoms with E-state index in [0.29, 0.717) is 18.2 Å². The Balaban J connectivity index is 1.62. The van der Waals surface area contributed by atoms with Crippen LogP contribution in [0, 0.1) is 0 Å². The summed E-state index contributed by atoms with van der Waals surface area (Å²) < 4.78 is 0. The maximum atomic E-state index is 11.9. The largest absolute Gasteiger partial charge is 0.355 e. The van der Waals surface area contributed by atoms with E-state index in [2.05, 4.69) is 20.1 Å². The molecule has 1 unspecified atom stereocenters. The molecule has 3 rings (SSSR count). The van der Waals surface area contributed by atoms with E-state index in [9.17, 15) is 4.79 Å². The predicted molar refractivity (Wildman–Crippen MR) is 97.5 cm³/mol. The molecule has 0 saturated carbocycles. The molecule has 1 N–H and O–H groups in total. The molecule has 2 aliphatic heterocycles. The van der Waals surface area contributed by atoms with Crippen LogP contribution < -0.4 is 10.2 Å². The van der Waals surface area contributed by atoms with Gasteiger partial charge in [0.25, 0.3) is 5.91 Å². The first kappa shape index (κ1) is 17.2. The molecule has 0 bridgehead atoms. The number of rotatable bonds is 4. The molecule has 1 atom stereocenters. The van der Waals surface area contributed by atoms with Crippen molar-refractivity contribution in [3.63, 3.8) is 0 Å². The highest BCUT2D eigenvalue weighted by Crippen LogP contribution is 2.23. The number of anilines is 1. The zero-order valence-electron chi connectivity index (χ0n) is 14.8. The quantitative estimate of drug-likeness (QED) is 0.922. The number of piperidine rings is 1. The zero-order chi connectivity index (χ0) is 16.8. The van der Waals surface area contributed by atoms with Crippen LogP contribution in [0.25, 0.3) is 0 Å². The summed E-state index contributed by atoms with van der Waals surface area (Å²) >= 11 is 0. The maximum Gasteiger partial charge on any atom is 0.252 e. The van der Waals surface area contributed by atoms with E-state index in [1.165, 1.54) is 51.6 Å². The van der Waals surface area contributed by atoms with Crippen molar-refractivity contribution in [3.8, 4) is 0 Å². The van der Waals surface area contributed by atoms with Crippen LogP contribution in [0.4, 0.5) is 5.82 Å². The number of carbonyl (C=O) groups excluding carboxylic acids is 1. The summed E-state index contributed by atoms with van der Waals surface area (Å²) in [6, 6.07) is 4.54. The molecule has 0 aromatic carbocycles. The van der Waals surface area contributed by atoms with Crippen molar-refractivity contribution in [2.45, 2.75) is 51.5 Å².